The van der Waals surface area contributed by atoms with Gasteiger partial charge in [-0.05, 0) is 49.4 Å². The van der Waals surface area contributed by atoms with Crippen molar-refractivity contribution in [2.75, 3.05) is 18.4 Å². The van der Waals surface area contributed by atoms with Gasteiger partial charge >= 0.3 is 0 Å². The van der Waals surface area contributed by atoms with Gasteiger partial charge in [0.2, 0.25) is 0 Å². The number of hydrogen-bond acceptors (Lipinski definition) is 5. The van der Waals surface area contributed by atoms with E-state index in [1.54, 1.807) is 17.5 Å². The van der Waals surface area contributed by atoms with E-state index in [1.165, 1.54) is 11.3 Å². The van der Waals surface area contributed by atoms with Gasteiger partial charge in [0.05, 0.1) is 0 Å². The number of amides is 2. The van der Waals surface area contributed by atoms with E-state index in [0.29, 0.717) is 29.4 Å². The summed E-state index contributed by atoms with van der Waals surface area (Å²) in [6, 6.07) is 5.39. The van der Waals surface area contributed by atoms with Crippen LogP contribution in [0.4, 0.5) is 5.69 Å². The van der Waals surface area contributed by atoms with Crippen molar-refractivity contribution in [3.05, 3.63) is 45.4 Å². The van der Waals surface area contributed by atoms with Crippen LogP contribution in [0.5, 0.6) is 0 Å². The van der Waals surface area contributed by atoms with Gasteiger partial charge in [0, 0.05) is 36.3 Å². The normalized spacial score (nSPS) is 15.1. The molecule has 1 aromatic heterocycles. The number of carbonyl (C=O) groups is 2. The molecule has 138 valence electrons. The molecule has 2 aromatic rings. The molecule has 1 aliphatic heterocycles. The van der Waals surface area contributed by atoms with Crippen molar-refractivity contribution in [1.82, 2.24) is 9.88 Å². The summed E-state index contributed by atoms with van der Waals surface area (Å²) in [5.41, 5.74) is 8.09. The van der Waals surface area contributed by atoms with Crippen molar-refractivity contribution in [3.8, 4) is 0 Å². The smallest absolute Gasteiger partial charge is 0.275 e. The summed E-state index contributed by atoms with van der Waals surface area (Å²) < 4.78 is 0. The predicted molar refractivity (Wildman–Crippen MR) is 103 cm³/mol. The second-order valence-corrected chi connectivity index (χ2v) is 7.73. The molecular formula is C19H24N4O2S. The van der Waals surface area contributed by atoms with Crippen LogP contribution in [0.1, 0.15) is 51.2 Å². The van der Waals surface area contributed by atoms with E-state index < -0.39 is 0 Å². The maximum absolute atomic E-state index is 12.7. The quantitative estimate of drug-likeness (QED) is 0.863. The van der Waals surface area contributed by atoms with Gasteiger partial charge in [-0.3, -0.25) is 9.59 Å². The van der Waals surface area contributed by atoms with E-state index in [-0.39, 0.29) is 11.8 Å². The first kappa shape index (κ1) is 18.5. The third-order valence-electron chi connectivity index (χ3n) is 4.75. The molecule has 0 saturated carbocycles. The highest BCUT2D eigenvalue weighted by Gasteiger charge is 2.22. The number of nitrogens with one attached hydrogen (secondary N) is 1. The molecule has 26 heavy (non-hydrogen) atoms. The number of carbonyl (C=O) groups excluding carboxylic acids is 2. The monoisotopic (exact) mass is 372 g/mol. The number of nitrogens with two attached hydrogens (primary N) is 1. The summed E-state index contributed by atoms with van der Waals surface area (Å²) in [6.07, 6.45) is 2.11. The molecule has 6 nitrogen and oxygen atoms in total. The summed E-state index contributed by atoms with van der Waals surface area (Å²) in [5.74, 6) is 0.474. The van der Waals surface area contributed by atoms with Gasteiger partial charge in [0.15, 0.2) is 0 Å². The first-order valence-electron chi connectivity index (χ1n) is 8.83. The zero-order valence-electron chi connectivity index (χ0n) is 15.1. The molecule has 7 heteroatoms. The maximum atomic E-state index is 12.7. The minimum atomic E-state index is -0.270. The Kier molecular flexibility index (Phi) is 5.68. The van der Waals surface area contributed by atoms with Crippen molar-refractivity contribution >= 4 is 28.8 Å². The van der Waals surface area contributed by atoms with Crippen LogP contribution in [-0.2, 0) is 6.54 Å². The highest BCUT2D eigenvalue weighted by molar-refractivity contribution is 7.09. The molecule has 1 aromatic carbocycles. The van der Waals surface area contributed by atoms with Crippen LogP contribution in [0.2, 0.25) is 0 Å². The Hall–Kier alpha value is -2.25. The van der Waals surface area contributed by atoms with E-state index in [1.807, 2.05) is 17.9 Å². The fourth-order valence-electron chi connectivity index (χ4n) is 3.03. The third-order valence-corrected chi connectivity index (χ3v) is 5.62. The van der Waals surface area contributed by atoms with Crippen molar-refractivity contribution in [3.63, 3.8) is 0 Å². The Labute approximate surface area is 157 Å². The van der Waals surface area contributed by atoms with Crippen LogP contribution in [0.25, 0.3) is 0 Å². The Morgan fingerprint density at radius 3 is 2.69 bits per heavy atom. The number of anilines is 1. The fraction of sp³-hybridized carbons (Fsp3) is 0.421. The maximum Gasteiger partial charge on any atom is 0.275 e. The summed E-state index contributed by atoms with van der Waals surface area (Å²) in [5, 5.41) is 5.28. The predicted octanol–water partition coefficient (Wildman–Crippen LogP) is 3.03. The number of aromatic nitrogens is 1. The van der Waals surface area contributed by atoms with Gasteiger partial charge in [0.25, 0.3) is 11.8 Å². The van der Waals surface area contributed by atoms with Crippen LogP contribution >= 0.6 is 11.3 Å². The van der Waals surface area contributed by atoms with Crippen LogP contribution in [0.15, 0.2) is 23.6 Å². The average Bonchev–Trinajstić information content (AvgIpc) is 3.13. The Balaban J connectivity index is 1.69. The van der Waals surface area contributed by atoms with Gasteiger partial charge in [0.1, 0.15) is 10.7 Å². The molecule has 1 saturated heterocycles. The van der Waals surface area contributed by atoms with Gasteiger partial charge in [-0.15, -0.1) is 11.3 Å². The van der Waals surface area contributed by atoms with E-state index in [9.17, 15) is 9.59 Å². The lowest BCUT2D eigenvalue weighted by molar-refractivity contribution is 0.0697. The number of piperidine rings is 1. The molecule has 2 amide bonds. The highest BCUT2D eigenvalue weighted by Crippen LogP contribution is 2.22. The van der Waals surface area contributed by atoms with Crippen LogP contribution < -0.4 is 11.1 Å². The Bertz CT molecular complexity index is 810. The number of aryl methyl sites for hydroxylation is 1. The Morgan fingerprint density at radius 1 is 1.35 bits per heavy atom. The molecule has 3 N–H and O–H groups in total. The largest absolute Gasteiger partial charge is 0.339 e. The summed E-state index contributed by atoms with van der Waals surface area (Å²) in [4.78, 5) is 31.1. The second-order valence-electron chi connectivity index (χ2n) is 6.79. The molecule has 0 aliphatic carbocycles. The number of nitrogens with zero attached hydrogens (tertiary/aromatic N) is 2. The lowest BCUT2D eigenvalue weighted by Crippen LogP contribution is -2.37. The van der Waals surface area contributed by atoms with Crippen LogP contribution in [-0.4, -0.2) is 34.8 Å². The van der Waals surface area contributed by atoms with Crippen LogP contribution in [0.3, 0.4) is 0 Å². The second kappa shape index (κ2) is 7.97. The number of likely N-dealkylation sites (tertiary alicyclic amines) is 1. The molecule has 2 heterocycles. The molecule has 3 rings (SSSR count). The molecule has 1 aliphatic rings. The molecule has 0 atom stereocenters. The summed E-state index contributed by atoms with van der Waals surface area (Å²) in [7, 11) is 0. The minimum Gasteiger partial charge on any atom is -0.339 e. The minimum absolute atomic E-state index is 0.0602. The highest BCUT2D eigenvalue weighted by atomic mass is 32.1. The number of thiazole rings is 1. The van der Waals surface area contributed by atoms with Crippen molar-refractivity contribution in [2.24, 2.45) is 11.7 Å². The number of hydrogen-bond donors (Lipinski definition) is 2. The van der Waals surface area contributed by atoms with E-state index in [4.69, 9.17) is 5.73 Å². The first-order chi connectivity index (χ1) is 12.5. The zero-order valence-corrected chi connectivity index (χ0v) is 15.9. The third kappa shape index (κ3) is 4.11. The number of rotatable bonds is 4. The summed E-state index contributed by atoms with van der Waals surface area (Å²) in [6.45, 7) is 6.05. The average molecular weight is 372 g/mol. The molecule has 0 radical (unpaired) electrons. The van der Waals surface area contributed by atoms with Crippen molar-refractivity contribution < 1.29 is 9.59 Å². The van der Waals surface area contributed by atoms with E-state index in [2.05, 4.69) is 17.2 Å². The van der Waals surface area contributed by atoms with Crippen molar-refractivity contribution in [1.29, 1.82) is 0 Å². The first-order valence-corrected chi connectivity index (χ1v) is 9.71. The Morgan fingerprint density at radius 2 is 2.08 bits per heavy atom. The van der Waals surface area contributed by atoms with Crippen LogP contribution in [0, 0.1) is 12.8 Å². The van der Waals surface area contributed by atoms with Gasteiger partial charge < -0.3 is 16.0 Å². The van der Waals surface area contributed by atoms with Crippen molar-refractivity contribution in [2.45, 2.75) is 33.2 Å². The summed E-state index contributed by atoms with van der Waals surface area (Å²) >= 11 is 1.37. The molecule has 0 spiro atoms. The lowest BCUT2D eigenvalue weighted by Gasteiger charge is -2.30. The molecule has 0 unspecified atom stereocenters. The molecular weight excluding hydrogens is 348 g/mol. The molecule has 0 bridgehead atoms. The molecule has 1 fully saturated rings. The van der Waals surface area contributed by atoms with E-state index >= 15 is 0 Å². The topological polar surface area (TPSA) is 88.3 Å². The fourth-order valence-corrected chi connectivity index (χ4v) is 3.68. The van der Waals surface area contributed by atoms with E-state index in [0.717, 1.165) is 36.5 Å². The van der Waals surface area contributed by atoms with Gasteiger partial charge in [-0.25, -0.2) is 4.98 Å². The number of benzene rings is 1. The lowest BCUT2D eigenvalue weighted by atomic mass is 9.98. The zero-order chi connectivity index (χ0) is 18.7. The van der Waals surface area contributed by atoms with Gasteiger partial charge in [-0.2, -0.15) is 0 Å². The SMILES string of the molecule is Cc1cc(C(=O)N2CCC(C)CC2)ccc1NC(=O)c1csc(CN)n1. The standard InChI is InChI=1S/C19H24N4O2S/c1-12-5-7-23(8-6-12)19(25)14-3-4-15(13(2)9-14)22-18(24)16-11-26-17(10-20)21-16/h3-4,9,11-12H,5-8,10,20H2,1-2H3,(H,22,24). The van der Waals surface area contributed by atoms with Gasteiger partial charge in [-0.1, -0.05) is 6.92 Å².